The van der Waals surface area contributed by atoms with Crippen LogP contribution in [0.25, 0.3) is 10.9 Å². The number of nitrogens with one attached hydrogen (secondary N) is 2. The van der Waals surface area contributed by atoms with Gasteiger partial charge in [0.05, 0.1) is 0 Å². The van der Waals surface area contributed by atoms with E-state index >= 15 is 0 Å². The number of aromatic amines is 1. The third-order valence-electron chi connectivity index (χ3n) is 3.83. The first kappa shape index (κ1) is 15.7. The lowest BCUT2D eigenvalue weighted by Crippen LogP contribution is -2.45. The van der Waals surface area contributed by atoms with Crippen LogP contribution in [-0.4, -0.2) is 22.8 Å². The van der Waals surface area contributed by atoms with Crippen LogP contribution < -0.4 is 11.1 Å². The van der Waals surface area contributed by atoms with Crippen LogP contribution in [0, 0.1) is 5.82 Å². The summed E-state index contributed by atoms with van der Waals surface area (Å²) >= 11 is 0. The number of para-hydroxylation sites is 1. The largest absolute Gasteiger partial charge is 0.368 e. The van der Waals surface area contributed by atoms with Gasteiger partial charge >= 0.3 is 0 Å². The Hall–Kier alpha value is -3.15. The fraction of sp³-hybridized carbons (Fsp3) is 0.111. The molecule has 0 aliphatic carbocycles. The van der Waals surface area contributed by atoms with Gasteiger partial charge in [0.1, 0.15) is 11.9 Å². The van der Waals surface area contributed by atoms with E-state index in [1.165, 1.54) is 18.2 Å². The average molecular weight is 325 g/mol. The molecule has 0 unspecified atom stereocenters. The molecule has 3 rings (SSSR count). The minimum Gasteiger partial charge on any atom is -0.368 e. The molecule has 3 aromatic rings. The highest BCUT2D eigenvalue weighted by Gasteiger charge is 2.21. The second-order valence-electron chi connectivity index (χ2n) is 5.50. The van der Waals surface area contributed by atoms with Crippen molar-refractivity contribution in [2.24, 2.45) is 5.73 Å². The summed E-state index contributed by atoms with van der Waals surface area (Å²) in [7, 11) is 0. The summed E-state index contributed by atoms with van der Waals surface area (Å²) < 4.78 is 13.2. The SMILES string of the molecule is NC(=O)[C@@H](Cc1c[nH]c2ccccc12)NC(=O)c1cccc(F)c1. The van der Waals surface area contributed by atoms with E-state index in [1.807, 2.05) is 24.3 Å². The van der Waals surface area contributed by atoms with Gasteiger partial charge in [0.2, 0.25) is 5.91 Å². The maximum absolute atomic E-state index is 13.2. The number of fused-ring (bicyclic) bond motifs is 1. The molecule has 0 aliphatic heterocycles. The molecule has 0 spiro atoms. The third-order valence-corrected chi connectivity index (χ3v) is 3.83. The second kappa shape index (κ2) is 6.54. The number of primary amides is 1. The molecule has 4 N–H and O–H groups in total. The van der Waals surface area contributed by atoms with Gasteiger partial charge < -0.3 is 16.0 Å². The van der Waals surface area contributed by atoms with Crippen LogP contribution in [0.5, 0.6) is 0 Å². The van der Waals surface area contributed by atoms with Crippen molar-refractivity contribution in [1.82, 2.24) is 10.3 Å². The van der Waals surface area contributed by atoms with E-state index in [-0.39, 0.29) is 12.0 Å². The molecule has 2 amide bonds. The van der Waals surface area contributed by atoms with Crippen molar-refractivity contribution in [3.8, 4) is 0 Å². The molecule has 0 fully saturated rings. The predicted octanol–water partition coefficient (Wildman–Crippen LogP) is 2.13. The lowest BCUT2D eigenvalue weighted by atomic mass is 10.0. The molecule has 0 aliphatic rings. The van der Waals surface area contributed by atoms with E-state index in [0.29, 0.717) is 0 Å². The van der Waals surface area contributed by atoms with Crippen LogP contribution in [0.3, 0.4) is 0 Å². The number of carbonyl (C=O) groups excluding carboxylic acids is 2. The lowest BCUT2D eigenvalue weighted by Gasteiger charge is -2.15. The van der Waals surface area contributed by atoms with E-state index in [2.05, 4.69) is 10.3 Å². The monoisotopic (exact) mass is 325 g/mol. The molecule has 1 heterocycles. The number of nitrogens with two attached hydrogens (primary N) is 1. The quantitative estimate of drug-likeness (QED) is 0.671. The van der Waals surface area contributed by atoms with Gasteiger partial charge in [-0.1, -0.05) is 24.3 Å². The van der Waals surface area contributed by atoms with Crippen molar-refractivity contribution in [2.45, 2.75) is 12.5 Å². The molecular weight excluding hydrogens is 309 g/mol. The first-order chi connectivity index (χ1) is 11.5. The fourth-order valence-electron chi connectivity index (χ4n) is 2.61. The van der Waals surface area contributed by atoms with Crippen molar-refractivity contribution < 1.29 is 14.0 Å². The Morgan fingerprint density at radius 3 is 2.71 bits per heavy atom. The number of hydrogen-bond acceptors (Lipinski definition) is 2. The van der Waals surface area contributed by atoms with Gasteiger partial charge in [-0.15, -0.1) is 0 Å². The zero-order valence-electron chi connectivity index (χ0n) is 12.8. The molecule has 2 aromatic carbocycles. The minimum absolute atomic E-state index is 0.139. The van der Waals surface area contributed by atoms with Crippen LogP contribution in [0.1, 0.15) is 15.9 Å². The molecule has 0 radical (unpaired) electrons. The fourth-order valence-corrected chi connectivity index (χ4v) is 2.61. The number of benzene rings is 2. The average Bonchev–Trinajstić information content (AvgIpc) is 2.97. The number of carbonyl (C=O) groups is 2. The van der Waals surface area contributed by atoms with E-state index in [9.17, 15) is 14.0 Å². The Bertz CT molecular complexity index is 904. The number of halogens is 1. The van der Waals surface area contributed by atoms with E-state index in [4.69, 9.17) is 5.73 Å². The Balaban J connectivity index is 1.80. The normalized spacial score (nSPS) is 12.0. The van der Waals surface area contributed by atoms with Crippen LogP contribution in [-0.2, 0) is 11.2 Å². The third kappa shape index (κ3) is 3.27. The predicted molar refractivity (Wildman–Crippen MR) is 88.9 cm³/mol. The molecular formula is C18H16FN3O2. The molecule has 6 heteroatoms. The Labute approximate surface area is 137 Å². The van der Waals surface area contributed by atoms with Crippen molar-refractivity contribution in [3.63, 3.8) is 0 Å². The smallest absolute Gasteiger partial charge is 0.252 e. The number of hydrogen-bond donors (Lipinski definition) is 3. The van der Waals surface area contributed by atoms with Crippen LogP contribution in [0.15, 0.2) is 54.7 Å². The van der Waals surface area contributed by atoms with Gasteiger partial charge in [-0.25, -0.2) is 4.39 Å². The lowest BCUT2D eigenvalue weighted by molar-refractivity contribution is -0.119. The van der Waals surface area contributed by atoms with Crippen molar-refractivity contribution in [3.05, 3.63) is 71.7 Å². The molecule has 5 nitrogen and oxygen atoms in total. The van der Waals surface area contributed by atoms with E-state index in [1.54, 1.807) is 6.20 Å². The Kier molecular flexibility index (Phi) is 4.29. The number of H-pyrrole nitrogens is 1. The topological polar surface area (TPSA) is 88.0 Å². The first-order valence-corrected chi connectivity index (χ1v) is 7.45. The van der Waals surface area contributed by atoms with Crippen LogP contribution in [0.2, 0.25) is 0 Å². The maximum Gasteiger partial charge on any atom is 0.252 e. The van der Waals surface area contributed by atoms with Crippen molar-refractivity contribution in [1.29, 1.82) is 0 Å². The summed E-state index contributed by atoms with van der Waals surface area (Å²) in [6.45, 7) is 0. The number of aromatic nitrogens is 1. The summed E-state index contributed by atoms with van der Waals surface area (Å²) in [5, 5.41) is 3.53. The van der Waals surface area contributed by atoms with Gasteiger partial charge in [0, 0.05) is 29.1 Å². The maximum atomic E-state index is 13.2. The second-order valence-corrected chi connectivity index (χ2v) is 5.50. The highest BCUT2D eigenvalue weighted by atomic mass is 19.1. The highest BCUT2D eigenvalue weighted by molar-refractivity contribution is 5.97. The van der Waals surface area contributed by atoms with Crippen molar-refractivity contribution in [2.75, 3.05) is 0 Å². The van der Waals surface area contributed by atoms with Gasteiger partial charge in [-0.2, -0.15) is 0 Å². The van der Waals surface area contributed by atoms with Gasteiger partial charge in [-0.3, -0.25) is 9.59 Å². The minimum atomic E-state index is -0.889. The van der Waals surface area contributed by atoms with Crippen molar-refractivity contribution >= 4 is 22.7 Å². The van der Waals surface area contributed by atoms with Gasteiger partial charge in [0.15, 0.2) is 0 Å². The summed E-state index contributed by atoms with van der Waals surface area (Å²) in [5.74, 6) is -1.71. The zero-order valence-corrected chi connectivity index (χ0v) is 12.8. The molecule has 1 atom stereocenters. The summed E-state index contributed by atoms with van der Waals surface area (Å²) in [6.07, 6.45) is 2.04. The molecule has 24 heavy (non-hydrogen) atoms. The van der Waals surface area contributed by atoms with Crippen LogP contribution in [0.4, 0.5) is 4.39 Å². The number of rotatable bonds is 5. The summed E-state index contributed by atoms with van der Waals surface area (Å²) in [6, 6.07) is 12.0. The van der Waals surface area contributed by atoms with Gasteiger partial charge in [0.25, 0.3) is 5.91 Å². The number of amides is 2. The highest BCUT2D eigenvalue weighted by Crippen LogP contribution is 2.19. The molecule has 0 saturated heterocycles. The summed E-state index contributed by atoms with van der Waals surface area (Å²) in [5.41, 5.74) is 7.36. The Morgan fingerprint density at radius 2 is 1.96 bits per heavy atom. The molecule has 0 saturated carbocycles. The first-order valence-electron chi connectivity index (χ1n) is 7.45. The standard InChI is InChI=1S/C18H16FN3O2/c19-13-5-3-4-11(8-13)18(24)22-16(17(20)23)9-12-10-21-15-7-2-1-6-14(12)15/h1-8,10,16,21H,9H2,(H2,20,23)(H,22,24)/t16-/m1/s1. The molecule has 1 aromatic heterocycles. The molecule has 122 valence electrons. The van der Waals surface area contributed by atoms with Gasteiger partial charge in [-0.05, 0) is 29.8 Å². The van der Waals surface area contributed by atoms with Crippen LogP contribution >= 0.6 is 0 Å². The summed E-state index contributed by atoms with van der Waals surface area (Å²) in [4.78, 5) is 27.0. The zero-order chi connectivity index (χ0) is 17.1. The van der Waals surface area contributed by atoms with E-state index < -0.39 is 23.7 Å². The Morgan fingerprint density at radius 1 is 1.17 bits per heavy atom. The van der Waals surface area contributed by atoms with E-state index in [0.717, 1.165) is 22.5 Å². The molecule has 0 bridgehead atoms.